The second-order valence-electron chi connectivity index (χ2n) is 5.98. The lowest BCUT2D eigenvalue weighted by molar-refractivity contribution is -0.117. The molecule has 2 aromatic carbocycles. The predicted octanol–water partition coefficient (Wildman–Crippen LogP) is 4.99. The zero-order chi connectivity index (χ0) is 18.9. The first-order chi connectivity index (χ1) is 12.6. The Balaban J connectivity index is 2.07. The number of carbonyl (C=O) groups is 1. The Morgan fingerprint density at radius 1 is 1.23 bits per heavy atom. The standard InChI is InChI=1S/C21H22ClN3O/c1-3-15(2)18-9-5-7-11-20(18)24-14-17(12-23)21(26)25-13-16-8-4-6-10-19(16)22/h4-11,14-15,24H,3,13H2,1-2H3,(H,25,26)/b17-14-. The maximum absolute atomic E-state index is 12.3. The summed E-state index contributed by atoms with van der Waals surface area (Å²) >= 11 is 6.08. The van der Waals surface area contributed by atoms with Gasteiger partial charge in [-0.1, -0.05) is 61.8 Å². The zero-order valence-electron chi connectivity index (χ0n) is 14.9. The quantitative estimate of drug-likeness (QED) is 0.535. The number of benzene rings is 2. The second kappa shape index (κ2) is 9.65. The molecule has 0 radical (unpaired) electrons. The molecule has 5 heteroatoms. The van der Waals surface area contributed by atoms with Crippen LogP contribution in [0.4, 0.5) is 5.69 Å². The molecule has 0 aliphatic rings. The first kappa shape index (κ1) is 19.6. The van der Waals surface area contributed by atoms with Gasteiger partial charge in [0.1, 0.15) is 11.6 Å². The van der Waals surface area contributed by atoms with Crippen LogP contribution in [0.15, 0.2) is 60.3 Å². The molecule has 2 N–H and O–H groups in total. The number of nitrogens with zero attached hydrogens (tertiary/aromatic N) is 1. The van der Waals surface area contributed by atoms with Gasteiger partial charge in [-0.05, 0) is 35.6 Å². The van der Waals surface area contributed by atoms with E-state index in [2.05, 4.69) is 24.5 Å². The van der Waals surface area contributed by atoms with E-state index in [0.29, 0.717) is 10.9 Å². The van der Waals surface area contributed by atoms with Crippen LogP contribution in [-0.4, -0.2) is 5.91 Å². The van der Waals surface area contributed by atoms with Crippen LogP contribution in [0.5, 0.6) is 0 Å². The summed E-state index contributed by atoms with van der Waals surface area (Å²) in [7, 11) is 0. The highest BCUT2D eigenvalue weighted by atomic mass is 35.5. The minimum Gasteiger partial charge on any atom is -0.360 e. The van der Waals surface area contributed by atoms with Crippen LogP contribution in [0.25, 0.3) is 0 Å². The normalized spacial score (nSPS) is 12.2. The van der Waals surface area contributed by atoms with Gasteiger partial charge in [0.05, 0.1) is 0 Å². The molecule has 0 heterocycles. The Morgan fingerprint density at radius 3 is 2.62 bits per heavy atom. The van der Waals surface area contributed by atoms with E-state index in [-0.39, 0.29) is 12.1 Å². The molecule has 1 amide bonds. The molecule has 0 aliphatic heterocycles. The van der Waals surface area contributed by atoms with Gasteiger partial charge in [0.2, 0.25) is 0 Å². The Labute approximate surface area is 159 Å². The van der Waals surface area contributed by atoms with E-state index < -0.39 is 5.91 Å². The molecule has 0 aliphatic carbocycles. The fourth-order valence-corrected chi connectivity index (χ4v) is 2.69. The van der Waals surface area contributed by atoms with E-state index in [0.717, 1.165) is 23.2 Å². The molecule has 26 heavy (non-hydrogen) atoms. The molecule has 0 spiro atoms. The predicted molar refractivity (Wildman–Crippen MR) is 106 cm³/mol. The molecule has 0 aromatic heterocycles. The smallest absolute Gasteiger partial charge is 0.263 e. The highest BCUT2D eigenvalue weighted by molar-refractivity contribution is 6.31. The van der Waals surface area contributed by atoms with Crippen molar-refractivity contribution in [3.63, 3.8) is 0 Å². The van der Waals surface area contributed by atoms with Crippen molar-refractivity contribution >= 4 is 23.2 Å². The van der Waals surface area contributed by atoms with Gasteiger partial charge in [-0.3, -0.25) is 4.79 Å². The van der Waals surface area contributed by atoms with Gasteiger partial charge in [-0.25, -0.2) is 0 Å². The van der Waals surface area contributed by atoms with Gasteiger partial charge < -0.3 is 10.6 Å². The molecule has 0 saturated heterocycles. The molecule has 134 valence electrons. The zero-order valence-corrected chi connectivity index (χ0v) is 15.7. The van der Waals surface area contributed by atoms with Crippen LogP contribution in [0, 0.1) is 11.3 Å². The Bertz CT molecular complexity index is 839. The maximum atomic E-state index is 12.3. The second-order valence-corrected chi connectivity index (χ2v) is 6.39. The van der Waals surface area contributed by atoms with Crippen molar-refractivity contribution < 1.29 is 4.79 Å². The molecular formula is C21H22ClN3O. The van der Waals surface area contributed by atoms with Gasteiger partial charge in [0, 0.05) is 23.5 Å². The van der Waals surface area contributed by atoms with E-state index in [1.165, 1.54) is 6.20 Å². The number of para-hydroxylation sites is 1. The van der Waals surface area contributed by atoms with Crippen LogP contribution in [0.2, 0.25) is 5.02 Å². The monoisotopic (exact) mass is 367 g/mol. The summed E-state index contributed by atoms with van der Waals surface area (Å²) in [6, 6.07) is 17.1. The molecule has 2 aromatic rings. The number of carbonyl (C=O) groups excluding carboxylic acids is 1. The number of hydrogen-bond acceptors (Lipinski definition) is 3. The topological polar surface area (TPSA) is 64.9 Å². The largest absolute Gasteiger partial charge is 0.360 e. The number of anilines is 1. The van der Waals surface area contributed by atoms with E-state index in [1.54, 1.807) is 6.07 Å². The summed E-state index contributed by atoms with van der Waals surface area (Å²) in [6.45, 7) is 4.53. The molecule has 0 saturated carbocycles. The lowest BCUT2D eigenvalue weighted by atomic mass is 9.97. The number of rotatable bonds is 7. The number of amides is 1. The van der Waals surface area contributed by atoms with Crippen molar-refractivity contribution in [3.8, 4) is 6.07 Å². The summed E-state index contributed by atoms with van der Waals surface area (Å²) in [5.74, 6) is -0.0624. The number of halogens is 1. The first-order valence-corrected chi connectivity index (χ1v) is 8.92. The number of nitriles is 1. The Hall–Kier alpha value is -2.77. The summed E-state index contributed by atoms with van der Waals surface area (Å²) in [6.07, 6.45) is 2.45. The fourth-order valence-electron chi connectivity index (χ4n) is 2.49. The van der Waals surface area contributed by atoms with Gasteiger partial charge in [0.15, 0.2) is 0 Å². The van der Waals surface area contributed by atoms with Gasteiger partial charge >= 0.3 is 0 Å². The molecule has 0 bridgehead atoms. The van der Waals surface area contributed by atoms with Gasteiger partial charge in [0.25, 0.3) is 5.91 Å². The van der Waals surface area contributed by atoms with Crippen molar-refractivity contribution in [3.05, 3.63) is 76.5 Å². The average Bonchev–Trinajstić information content (AvgIpc) is 2.67. The van der Waals surface area contributed by atoms with Crippen molar-refractivity contribution in [1.82, 2.24) is 5.32 Å². The van der Waals surface area contributed by atoms with Gasteiger partial charge in [-0.15, -0.1) is 0 Å². The summed E-state index contributed by atoms with van der Waals surface area (Å²) < 4.78 is 0. The molecule has 0 fully saturated rings. The van der Waals surface area contributed by atoms with E-state index in [9.17, 15) is 10.1 Å². The molecule has 2 rings (SSSR count). The third kappa shape index (κ3) is 5.11. The first-order valence-electron chi connectivity index (χ1n) is 8.54. The third-order valence-electron chi connectivity index (χ3n) is 4.24. The maximum Gasteiger partial charge on any atom is 0.263 e. The Morgan fingerprint density at radius 2 is 1.92 bits per heavy atom. The Kier molecular flexibility index (Phi) is 7.25. The summed E-state index contributed by atoms with van der Waals surface area (Å²) in [5, 5.41) is 15.7. The van der Waals surface area contributed by atoms with Crippen molar-refractivity contribution in [1.29, 1.82) is 5.26 Å². The minimum atomic E-state index is -0.444. The van der Waals surface area contributed by atoms with E-state index in [1.807, 2.05) is 48.5 Å². The average molecular weight is 368 g/mol. The van der Waals surface area contributed by atoms with Gasteiger partial charge in [-0.2, -0.15) is 5.26 Å². The van der Waals surface area contributed by atoms with Crippen molar-refractivity contribution in [2.24, 2.45) is 0 Å². The van der Waals surface area contributed by atoms with E-state index >= 15 is 0 Å². The van der Waals surface area contributed by atoms with Crippen LogP contribution in [0.1, 0.15) is 37.3 Å². The van der Waals surface area contributed by atoms with E-state index in [4.69, 9.17) is 11.6 Å². The van der Waals surface area contributed by atoms with Crippen LogP contribution in [0.3, 0.4) is 0 Å². The SMILES string of the molecule is CCC(C)c1ccccc1N/C=C(/C#N)C(=O)NCc1ccccc1Cl. The lowest BCUT2D eigenvalue weighted by Gasteiger charge is -2.14. The van der Waals surface area contributed by atoms with Crippen LogP contribution >= 0.6 is 11.6 Å². The van der Waals surface area contributed by atoms with Crippen molar-refractivity contribution in [2.75, 3.05) is 5.32 Å². The molecular weight excluding hydrogens is 346 g/mol. The fraction of sp³-hybridized carbons (Fsp3) is 0.238. The lowest BCUT2D eigenvalue weighted by Crippen LogP contribution is -2.24. The number of hydrogen-bond donors (Lipinski definition) is 2. The number of nitrogens with one attached hydrogen (secondary N) is 2. The molecule has 1 atom stereocenters. The highest BCUT2D eigenvalue weighted by Gasteiger charge is 2.11. The molecule has 4 nitrogen and oxygen atoms in total. The minimum absolute atomic E-state index is 0.0102. The van der Waals surface area contributed by atoms with Crippen LogP contribution in [-0.2, 0) is 11.3 Å². The highest BCUT2D eigenvalue weighted by Crippen LogP contribution is 2.26. The third-order valence-corrected chi connectivity index (χ3v) is 4.61. The summed E-state index contributed by atoms with van der Waals surface area (Å²) in [5.41, 5.74) is 2.86. The molecule has 1 unspecified atom stereocenters. The summed E-state index contributed by atoms with van der Waals surface area (Å²) in [4.78, 5) is 12.3. The van der Waals surface area contributed by atoms with Crippen molar-refractivity contribution in [2.45, 2.75) is 32.7 Å². The van der Waals surface area contributed by atoms with Crippen LogP contribution < -0.4 is 10.6 Å².